The van der Waals surface area contributed by atoms with Crippen LogP contribution in [0.4, 0.5) is 0 Å². The normalized spacial score (nSPS) is 31.0. The molecule has 86 valence electrons. The number of nitrogens with zero attached hydrogens (tertiary/aromatic N) is 2. The first kappa shape index (κ1) is 9.80. The maximum absolute atomic E-state index is 11.4. The van der Waals surface area contributed by atoms with E-state index in [0.717, 1.165) is 0 Å². The van der Waals surface area contributed by atoms with E-state index in [1.165, 1.54) is 0 Å². The van der Waals surface area contributed by atoms with Crippen molar-refractivity contribution in [2.75, 3.05) is 6.61 Å². The van der Waals surface area contributed by atoms with Gasteiger partial charge in [0.2, 0.25) is 0 Å². The molecule has 6 heteroatoms. The summed E-state index contributed by atoms with van der Waals surface area (Å²) in [7, 11) is 0. The number of ether oxygens (including phenoxy) is 2. The van der Waals surface area contributed by atoms with Gasteiger partial charge in [0.05, 0.1) is 6.61 Å². The minimum atomic E-state index is -0.331. The minimum Gasteiger partial charge on any atom is -0.458 e. The first-order valence-electron chi connectivity index (χ1n) is 5.22. The van der Waals surface area contributed by atoms with Crippen molar-refractivity contribution in [2.45, 2.75) is 31.8 Å². The number of aromatic nitrogens is 2. The van der Waals surface area contributed by atoms with E-state index in [2.05, 4.69) is 4.98 Å². The SMILES string of the molecule is Cc1cn2c(nc1=O)O[C@@H]1C[C@H]2O[C@@H]1CO. The number of rotatable bonds is 1. The molecule has 3 atom stereocenters. The van der Waals surface area contributed by atoms with Crippen LogP contribution in [-0.4, -0.2) is 33.5 Å². The highest BCUT2D eigenvalue weighted by Gasteiger charge is 2.42. The van der Waals surface area contributed by atoms with Crippen molar-refractivity contribution in [3.05, 3.63) is 22.1 Å². The van der Waals surface area contributed by atoms with Gasteiger partial charge in [0.1, 0.15) is 18.4 Å². The molecule has 0 unspecified atom stereocenters. The molecular formula is C10H12N2O4. The van der Waals surface area contributed by atoms with E-state index < -0.39 is 0 Å². The van der Waals surface area contributed by atoms with Crippen LogP contribution >= 0.6 is 0 Å². The largest absolute Gasteiger partial charge is 0.458 e. The number of aryl methyl sites for hydroxylation is 1. The molecule has 16 heavy (non-hydrogen) atoms. The molecule has 1 N–H and O–H groups in total. The van der Waals surface area contributed by atoms with E-state index in [-0.39, 0.29) is 36.6 Å². The lowest BCUT2D eigenvalue weighted by molar-refractivity contribution is -0.0247. The van der Waals surface area contributed by atoms with Crippen molar-refractivity contribution in [3.63, 3.8) is 0 Å². The highest BCUT2D eigenvalue weighted by molar-refractivity contribution is 5.12. The fourth-order valence-corrected chi connectivity index (χ4v) is 2.14. The fourth-order valence-electron chi connectivity index (χ4n) is 2.14. The fraction of sp³-hybridized carbons (Fsp3) is 0.600. The maximum atomic E-state index is 11.4. The molecule has 1 fully saturated rings. The maximum Gasteiger partial charge on any atom is 0.302 e. The summed E-state index contributed by atoms with van der Waals surface area (Å²) < 4.78 is 12.8. The van der Waals surface area contributed by atoms with E-state index in [0.29, 0.717) is 12.0 Å². The van der Waals surface area contributed by atoms with E-state index >= 15 is 0 Å². The Balaban J connectivity index is 2.06. The van der Waals surface area contributed by atoms with Crippen molar-refractivity contribution >= 4 is 0 Å². The summed E-state index contributed by atoms with van der Waals surface area (Å²) in [6.07, 6.45) is 1.65. The zero-order valence-electron chi connectivity index (χ0n) is 8.79. The molecule has 2 aliphatic heterocycles. The topological polar surface area (TPSA) is 73.6 Å². The van der Waals surface area contributed by atoms with Crippen LogP contribution in [0.15, 0.2) is 11.0 Å². The first-order chi connectivity index (χ1) is 7.69. The number of fused-ring (bicyclic) bond motifs is 4. The van der Waals surface area contributed by atoms with Crippen LogP contribution < -0.4 is 10.3 Å². The minimum absolute atomic E-state index is 0.0844. The molecule has 2 bridgehead atoms. The molecule has 0 amide bonds. The Morgan fingerprint density at radius 1 is 1.69 bits per heavy atom. The molecule has 1 aromatic rings. The molecule has 3 rings (SSSR count). The highest BCUT2D eigenvalue weighted by atomic mass is 16.6. The van der Waals surface area contributed by atoms with Crippen LogP contribution in [-0.2, 0) is 4.74 Å². The Hall–Kier alpha value is -1.40. The number of aliphatic hydroxyl groups is 1. The Morgan fingerprint density at radius 3 is 3.25 bits per heavy atom. The lowest BCUT2D eigenvalue weighted by atomic mass is 10.1. The van der Waals surface area contributed by atoms with Gasteiger partial charge in [-0.1, -0.05) is 0 Å². The van der Waals surface area contributed by atoms with Crippen LogP contribution in [0.2, 0.25) is 0 Å². The summed E-state index contributed by atoms with van der Waals surface area (Å²) in [4.78, 5) is 15.2. The number of hydrogen-bond acceptors (Lipinski definition) is 5. The van der Waals surface area contributed by atoms with Crippen molar-refractivity contribution in [3.8, 4) is 6.01 Å². The van der Waals surface area contributed by atoms with Gasteiger partial charge < -0.3 is 14.6 Å². The molecule has 0 aliphatic carbocycles. The van der Waals surface area contributed by atoms with Gasteiger partial charge in [-0.25, -0.2) is 0 Å². The number of hydrogen-bond donors (Lipinski definition) is 1. The smallest absolute Gasteiger partial charge is 0.302 e. The van der Waals surface area contributed by atoms with E-state index in [4.69, 9.17) is 14.6 Å². The molecule has 0 saturated carbocycles. The first-order valence-corrected chi connectivity index (χ1v) is 5.22. The second-order valence-electron chi connectivity index (χ2n) is 4.12. The Morgan fingerprint density at radius 2 is 2.50 bits per heavy atom. The average molecular weight is 224 g/mol. The second kappa shape index (κ2) is 3.29. The Bertz CT molecular complexity index is 484. The lowest BCUT2D eigenvalue weighted by Crippen LogP contribution is -2.33. The summed E-state index contributed by atoms with van der Waals surface area (Å²) >= 11 is 0. The van der Waals surface area contributed by atoms with Gasteiger partial charge in [-0.05, 0) is 6.92 Å². The molecule has 0 radical (unpaired) electrons. The highest BCUT2D eigenvalue weighted by Crippen LogP contribution is 2.37. The van der Waals surface area contributed by atoms with Gasteiger partial charge in [0.15, 0.2) is 0 Å². The van der Waals surface area contributed by atoms with Gasteiger partial charge in [-0.2, -0.15) is 4.98 Å². The molecule has 1 saturated heterocycles. The summed E-state index contributed by atoms with van der Waals surface area (Å²) in [5.74, 6) is 0. The predicted molar refractivity (Wildman–Crippen MR) is 53.3 cm³/mol. The Labute approximate surface area is 91.4 Å². The summed E-state index contributed by atoms with van der Waals surface area (Å²) in [5, 5.41) is 9.10. The van der Waals surface area contributed by atoms with Gasteiger partial charge in [-0.15, -0.1) is 0 Å². The van der Waals surface area contributed by atoms with Crippen LogP contribution in [0, 0.1) is 6.92 Å². The molecule has 3 heterocycles. The van der Waals surface area contributed by atoms with E-state index in [1.807, 2.05) is 0 Å². The molecule has 0 aromatic carbocycles. The monoisotopic (exact) mass is 224 g/mol. The van der Waals surface area contributed by atoms with Crippen molar-refractivity contribution in [1.82, 2.24) is 9.55 Å². The zero-order chi connectivity index (χ0) is 11.3. The van der Waals surface area contributed by atoms with E-state index in [9.17, 15) is 4.79 Å². The second-order valence-corrected chi connectivity index (χ2v) is 4.12. The quantitative estimate of drug-likeness (QED) is 0.702. The predicted octanol–water partition coefficient (Wildman–Crippen LogP) is -0.407. The van der Waals surface area contributed by atoms with Crippen molar-refractivity contribution < 1.29 is 14.6 Å². The third-order valence-electron chi connectivity index (χ3n) is 3.02. The molecule has 2 aliphatic rings. The third-order valence-corrected chi connectivity index (χ3v) is 3.02. The van der Waals surface area contributed by atoms with Crippen molar-refractivity contribution in [1.29, 1.82) is 0 Å². The molecule has 6 nitrogen and oxygen atoms in total. The summed E-state index contributed by atoms with van der Waals surface area (Å²) in [6.45, 7) is 1.62. The van der Waals surface area contributed by atoms with Gasteiger partial charge >= 0.3 is 6.01 Å². The Kier molecular flexibility index (Phi) is 2.02. The standard InChI is InChI=1S/C10H12N2O4/c1-5-3-12-8-2-6(7(4-13)15-8)16-10(12)11-9(5)14/h3,6-8,13H,2,4H2,1H3/t6-,7-,8-/m1/s1. The molecule has 0 spiro atoms. The van der Waals surface area contributed by atoms with Crippen LogP contribution in [0.1, 0.15) is 18.2 Å². The molecular weight excluding hydrogens is 212 g/mol. The summed E-state index contributed by atoms with van der Waals surface area (Å²) in [6, 6.07) is 0.285. The van der Waals surface area contributed by atoms with Crippen LogP contribution in [0.25, 0.3) is 0 Å². The van der Waals surface area contributed by atoms with Gasteiger partial charge in [0.25, 0.3) is 5.56 Å². The van der Waals surface area contributed by atoms with Crippen LogP contribution in [0.5, 0.6) is 6.01 Å². The van der Waals surface area contributed by atoms with Crippen LogP contribution in [0.3, 0.4) is 0 Å². The number of aliphatic hydroxyl groups excluding tert-OH is 1. The third kappa shape index (κ3) is 1.27. The lowest BCUT2D eigenvalue weighted by Gasteiger charge is -2.23. The zero-order valence-corrected chi connectivity index (χ0v) is 8.79. The van der Waals surface area contributed by atoms with Gasteiger partial charge in [-0.3, -0.25) is 9.36 Å². The summed E-state index contributed by atoms with van der Waals surface area (Å²) in [5.41, 5.74) is 0.273. The van der Waals surface area contributed by atoms with Gasteiger partial charge in [0, 0.05) is 18.2 Å². The molecule has 1 aromatic heterocycles. The van der Waals surface area contributed by atoms with Crippen molar-refractivity contribution in [2.24, 2.45) is 0 Å². The average Bonchev–Trinajstić information content (AvgIpc) is 2.60. The van der Waals surface area contributed by atoms with E-state index in [1.54, 1.807) is 17.7 Å².